The molecule has 3 rings (SSSR count). The summed E-state index contributed by atoms with van der Waals surface area (Å²) >= 11 is 0. The van der Waals surface area contributed by atoms with Crippen molar-refractivity contribution >= 4 is 0 Å². The van der Waals surface area contributed by atoms with Crippen molar-refractivity contribution in [2.24, 2.45) is 17.6 Å². The average molecular weight is 262 g/mol. The van der Waals surface area contributed by atoms with Crippen molar-refractivity contribution < 1.29 is 9.47 Å². The first-order valence-corrected chi connectivity index (χ1v) is 6.97. The monoisotopic (exact) mass is 262 g/mol. The van der Waals surface area contributed by atoms with Crippen molar-refractivity contribution in [3.8, 4) is 11.5 Å². The Kier molecular flexibility index (Phi) is 3.37. The van der Waals surface area contributed by atoms with E-state index in [1.807, 2.05) is 18.2 Å². The zero-order valence-corrected chi connectivity index (χ0v) is 11.6. The Morgan fingerprint density at radius 1 is 1.37 bits per heavy atom. The molecule has 1 aromatic carbocycles. The van der Waals surface area contributed by atoms with Crippen molar-refractivity contribution in [1.82, 2.24) is 4.90 Å². The maximum atomic E-state index is 6.28. The lowest BCUT2D eigenvalue weighted by Crippen LogP contribution is -2.30. The predicted octanol–water partition coefficient (Wildman–Crippen LogP) is 2.00. The zero-order chi connectivity index (χ0) is 13.4. The number of likely N-dealkylation sites (N-methyl/N-ethyl adjacent to an activating group) is 1. The third-order valence-electron chi connectivity index (χ3n) is 4.16. The Labute approximate surface area is 114 Å². The zero-order valence-electron chi connectivity index (χ0n) is 11.6. The topological polar surface area (TPSA) is 47.7 Å². The van der Waals surface area contributed by atoms with E-state index in [4.69, 9.17) is 15.2 Å². The van der Waals surface area contributed by atoms with E-state index in [1.165, 1.54) is 6.42 Å². The Balaban J connectivity index is 1.58. The maximum absolute atomic E-state index is 6.28. The molecule has 1 aliphatic heterocycles. The van der Waals surface area contributed by atoms with E-state index in [9.17, 15) is 0 Å². The Hall–Kier alpha value is -1.26. The van der Waals surface area contributed by atoms with Gasteiger partial charge in [-0.25, -0.2) is 0 Å². The van der Waals surface area contributed by atoms with Gasteiger partial charge in [-0.2, -0.15) is 0 Å². The highest BCUT2D eigenvalue weighted by molar-refractivity contribution is 5.45. The van der Waals surface area contributed by atoms with Gasteiger partial charge in [0.2, 0.25) is 6.79 Å². The number of hydrogen-bond donors (Lipinski definition) is 1. The molecule has 2 aliphatic rings. The fourth-order valence-corrected chi connectivity index (χ4v) is 2.71. The molecule has 2 N–H and O–H groups in total. The van der Waals surface area contributed by atoms with Crippen LogP contribution in [0.2, 0.25) is 0 Å². The smallest absolute Gasteiger partial charge is 0.231 e. The van der Waals surface area contributed by atoms with Crippen molar-refractivity contribution in [1.29, 1.82) is 0 Å². The molecular formula is C15H22N2O2. The third-order valence-corrected chi connectivity index (χ3v) is 4.16. The number of nitrogens with two attached hydrogens (primary N) is 1. The molecule has 1 aromatic rings. The molecule has 3 unspecified atom stereocenters. The van der Waals surface area contributed by atoms with Crippen molar-refractivity contribution in [3.05, 3.63) is 23.8 Å². The Morgan fingerprint density at radius 2 is 2.11 bits per heavy atom. The minimum atomic E-state index is 0.0218. The molecule has 0 aromatic heterocycles. The van der Waals surface area contributed by atoms with Crippen LogP contribution in [0.25, 0.3) is 0 Å². The summed E-state index contributed by atoms with van der Waals surface area (Å²) in [6.07, 6.45) is 1.36. The fourth-order valence-electron chi connectivity index (χ4n) is 2.71. The minimum Gasteiger partial charge on any atom is -0.454 e. The first kappa shape index (κ1) is 12.8. The summed E-state index contributed by atoms with van der Waals surface area (Å²) in [6, 6.07) is 6.00. The van der Waals surface area contributed by atoms with E-state index in [0.717, 1.165) is 42.0 Å². The molecule has 1 fully saturated rings. The molecule has 0 amide bonds. The van der Waals surface area contributed by atoms with Gasteiger partial charge in [-0.1, -0.05) is 13.0 Å². The van der Waals surface area contributed by atoms with Crippen LogP contribution in [0.1, 0.15) is 24.9 Å². The highest BCUT2D eigenvalue weighted by Crippen LogP contribution is 2.38. The van der Waals surface area contributed by atoms with Gasteiger partial charge < -0.3 is 20.1 Å². The van der Waals surface area contributed by atoms with Crippen LogP contribution in [0, 0.1) is 11.8 Å². The highest BCUT2D eigenvalue weighted by atomic mass is 16.7. The number of rotatable bonds is 5. The molecule has 1 saturated carbocycles. The number of hydrogen-bond acceptors (Lipinski definition) is 4. The first-order valence-electron chi connectivity index (χ1n) is 6.97. The van der Waals surface area contributed by atoms with E-state index < -0.39 is 0 Å². The molecule has 0 spiro atoms. The molecule has 1 aliphatic carbocycles. The van der Waals surface area contributed by atoms with Gasteiger partial charge in [-0.05, 0) is 43.0 Å². The van der Waals surface area contributed by atoms with Crippen LogP contribution in [-0.4, -0.2) is 31.8 Å². The van der Waals surface area contributed by atoms with Gasteiger partial charge in [0.1, 0.15) is 0 Å². The lowest BCUT2D eigenvalue weighted by atomic mass is 10.1. The fraction of sp³-hybridized carbons (Fsp3) is 0.600. The Morgan fingerprint density at radius 3 is 2.84 bits per heavy atom. The number of fused-ring (bicyclic) bond motifs is 1. The predicted molar refractivity (Wildman–Crippen MR) is 74.3 cm³/mol. The number of ether oxygens (including phenoxy) is 2. The average Bonchev–Trinajstić information content (AvgIpc) is 2.91. The standard InChI is InChI=1S/C15H22N2O2/c1-10-5-12(10)7-17(2)8-13(16)11-3-4-14-15(6-11)19-9-18-14/h3-4,6,10,12-13H,5,7-9,16H2,1-2H3. The Bertz CT molecular complexity index is 463. The minimum absolute atomic E-state index is 0.0218. The first-order chi connectivity index (χ1) is 9.13. The second kappa shape index (κ2) is 5.02. The quantitative estimate of drug-likeness (QED) is 0.881. The van der Waals surface area contributed by atoms with Gasteiger partial charge >= 0.3 is 0 Å². The number of benzene rings is 1. The lowest BCUT2D eigenvalue weighted by molar-refractivity contribution is 0.174. The van der Waals surface area contributed by atoms with Gasteiger partial charge in [0.25, 0.3) is 0 Å². The molecule has 19 heavy (non-hydrogen) atoms. The summed E-state index contributed by atoms with van der Waals surface area (Å²) in [5.41, 5.74) is 7.39. The van der Waals surface area contributed by atoms with E-state index in [-0.39, 0.29) is 6.04 Å². The molecule has 4 nitrogen and oxygen atoms in total. The normalized spacial score (nSPS) is 25.7. The van der Waals surface area contributed by atoms with Crippen LogP contribution in [0.4, 0.5) is 0 Å². The third kappa shape index (κ3) is 2.85. The summed E-state index contributed by atoms with van der Waals surface area (Å²) in [5.74, 6) is 3.39. The van der Waals surface area contributed by atoms with Crippen molar-refractivity contribution in [2.75, 3.05) is 26.9 Å². The van der Waals surface area contributed by atoms with Crippen LogP contribution in [-0.2, 0) is 0 Å². The van der Waals surface area contributed by atoms with Crippen LogP contribution in [0.5, 0.6) is 11.5 Å². The van der Waals surface area contributed by atoms with Crippen molar-refractivity contribution in [3.63, 3.8) is 0 Å². The molecule has 0 bridgehead atoms. The SMILES string of the molecule is CC1CC1CN(C)CC(N)c1ccc2c(c1)OCO2. The van der Waals surface area contributed by atoms with E-state index in [1.54, 1.807) is 0 Å². The van der Waals surface area contributed by atoms with Crippen LogP contribution in [0.3, 0.4) is 0 Å². The molecule has 0 radical (unpaired) electrons. The summed E-state index contributed by atoms with van der Waals surface area (Å²) in [4.78, 5) is 2.34. The lowest BCUT2D eigenvalue weighted by Gasteiger charge is -2.21. The van der Waals surface area contributed by atoms with Gasteiger partial charge in [0.05, 0.1) is 0 Å². The molecule has 0 saturated heterocycles. The highest BCUT2D eigenvalue weighted by Gasteiger charge is 2.33. The van der Waals surface area contributed by atoms with E-state index in [0.29, 0.717) is 6.79 Å². The van der Waals surface area contributed by atoms with Crippen molar-refractivity contribution in [2.45, 2.75) is 19.4 Å². The van der Waals surface area contributed by atoms with E-state index >= 15 is 0 Å². The van der Waals surface area contributed by atoms with Gasteiger partial charge in [0.15, 0.2) is 11.5 Å². The van der Waals surface area contributed by atoms with Gasteiger partial charge in [-0.3, -0.25) is 0 Å². The van der Waals surface area contributed by atoms with Crippen LogP contribution >= 0.6 is 0 Å². The molecule has 1 heterocycles. The van der Waals surface area contributed by atoms with Crippen LogP contribution < -0.4 is 15.2 Å². The second-order valence-electron chi connectivity index (χ2n) is 5.91. The van der Waals surface area contributed by atoms with Crippen LogP contribution in [0.15, 0.2) is 18.2 Å². The summed E-state index contributed by atoms with van der Waals surface area (Å²) < 4.78 is 10.7. The molecule has 3 atom stereocenters. The van der Waals surface area contributed by atoms with Gasteiger partial charge in [0, 0.05) is 19.1 Å². The number of nitrogens with zero attached hydrogens (tertiary/aromatic N) is 1. The summed E-state index contributed by atoms with van der Waals surface area (Å²) in [6.45, 7) is 4.66. The summed E-state index contributed by atoms with van der Waals surface area (Å²) in [7, 11) is 2.15. The molecule has 104 valence electrons. The van der Waals surface area contributed by atoms with Gasteiger partial charge in [-0.15, -0.1) is 0 Å². The molecule has 4 heteroatoms. The molecular weight excluding hydrogens is 240 g/mol. The summed E-state index contributed by atoms with van der Waals surface area (Å²) in [5, 5.41) is 0. The maximum Gasteiger partial charge on any atom is 0.231 e. The second-order valence-corrected chi connectivity index (χ2v) is 5.91. The largest absolute Gasteiger partial charge is 0.454 e. The van der Waals surface area contributed by atoms with E-state index in [2.05, 4.69) is 18.9 Å².